The van der Waals surface area contributed by atoms with Crippen LogP contribution < -0.4 is 14.9 Å². The molecule has 1 saturated heterocycles. The van der Waals surface area contributed by atoms with Gasteiger partial charge in [-0.25, -0.2) is 22.5 Å². The van der Waals surface area contributed by atoms with Gasteiger partial charge in [0, 0.05) is 25.3 Å². The van der Waals surface area contributed by atoms with Gasteiger partial charge in [-0.3, -0.25) is 0 Å². The van der Waals surface area contributed by atoms with Crippen molar-refractivity contribution in [2.45, 2.75) is 37.3 Å². The molecule has 1 aliphatic rings. The van der Waals surface area contributed by atoms with Crippen molar-refractivity contribution in [3.8, 4) is 0 Å². The van der Waals surface area contributed by atoms with Crippen LogP contribution in [0.5, 0.6) is 0 Å². The molecule has 2 aromatic rings. The zero-order valence-corrected chi connectivity index (χ0v) is 19.9. The van der Waals surface area contributed by atoms with Crippen LogP contribution in [-0.4, -0.2) is 75.3 Å². The van der Waals surface area contributed by atoms with E-state index in [9.17, 15) is 12.8 Å². The maximum atomic E-state index is 14.5. The van der Waals surface area contributed by atoms with Crippen LogP contribution in [0.3, 0.4) is 0 Å². The molecule has 32 heavy (non-hydrogen) atoms. The number of aromatic nitrogens is 2. The molecule has 0 unspecified atom stereocenters. The van der Waals surface area contributed by atoms with Crippen molar-refractivity contribution in [1.29, 1.82) is 0 Å². The number of hydrogen-bond acceptors (Lipinski definition) is 8. The molecule has 1 fully saturated rings. The summed E-state index contributed by atoms with van der Waals surface area (Å²) in [5.41, 5.74) is 0.171. The monoisotopic (exact) mass is 466 g/mol. The molecule has 0 amide bonds. The van der Waals surface area contributed by atoms with Crippen LogP contribution in [0.25, 0.3) is 0 Å². The molecule has 0 radical (unpaired) electrons. The average molecular weight is 467 g/mol. The first-order chi connectivity index (χ1) is 15.0. The molecular weight excluding hydrogens is 435 g/mol. The molecule has 1 atom stereocenters. The highest BCUT2D eigenvalue weighted by molar-refractivity contribution is 7.89. The van der Waals surface area contributed by atoms with Gasteiger partial charge in [-0.15, -0.1) is 0 Å². The molecule has 0 saturated carbocycles. The third-order valence-corrected chi connectivity index (χ3v) is 6.54. The second kappa shape index (κ2) is 9.65. The van der Waals surface area contributed by atoms with Crippen molar-refractivity contribution >= 4 is 27.5 Å². The maximum absolute atomic E-state index is 14.5. The van der Waals surface area contributed by atoms with Crippen LogP contribution in [0.1, 0.15) is 20.8 Å². The summed E-state index contributed by atoms with van der Waals surface area (Å²) < 4.78 is 47.7. The number of nitrogens with zero attached hydrogens (tertiary/aromatic N) is 4. The van der Waals surface area contributed by atoms with E-state index in [1.807, 2.05) is 44.7 Å². The quantitative estimate of drug-likeness (QED) is 0.611. The summed E-state index contributed by atoms with van der Waals surface area (Å²) in [5.74, 6) is -0.0846. The van der Waals surface area contributed by atoms with Crippen LogP contribution in [-0.2, 0) is 14.8 Å². The van der Waals surface area contributed by atoms with E-state index < -0.39 is 21.4 Å². The predicted molar refractivity (Wildman–Crippen MR) is 122 cm³/mol. The van der Waals surface area contributed by atoms with Crippen molar-refractivity contribution in [1.82, 2.24) is 19.6 Å². The lowest BCUT2D eigenvalue weighted by Crippen LogP contribution is -2.53. The Hall–Kier alpha value is -2.34. The number of halogens is 1. The van der Waals surface area contributed by atoms with Crippen molar-refractivity contribution in [3.63, 3.8) is 0 Å². The van der Waals surface area contributed by atoms with Gasteiger partial charge >= 0.3 is 0 Å². The van der Waals surface area contributed by atoms with Gasteiger partial charge in [0.2, 0.25) is 16.0 Å². The lowest BCUT2D eigenvalue weighted by Gasteiger charge is -2.43. The number of morpholine rings is 1. The summed E-state index contributed by atoms with van der Waals surface area (Å²) in [4.78, 5) is 12.3. The van der Waals surface area contributed by atoms with E-state index in [0.717, 1.165) is 6.20 Å². The van der Waals surface area contributed by atoms with E-state index in [4.69, 9.17) is 4.74 Å². The summed E-state index contributed by atoms with van der Waals surface area (Å²) in [6.45, 7) is 7.74. The molecule has 0 bridgehead atoms. The van der Waals surface area contributed by atoms with Crippen molar-refractivity contribution in [2.24, 2.45) is 0 Å². The molecule has 1 aromatic carbocycles. The minimum Gasteiger partial charge on any atom is -0.372 e. The van der Waals surface area contributed by atoms with E-state index in [2.05, 4.69) is 20.0 Å². The van der Waals surface area contributed by atoms with E-state index in [-0.39, 0.29) is 22.7 Å². The van der Waals surface area contributed by atoms with Gasteiger partial charge < -0.3 is 19.9 Å². The molecule has 11 heteroatoms. The minimum absolute atomic E-state index is 0.0373. The third kappa shape index (κ3) is 6.12. The number of hydrogen-bond donors (Lipinski definition) is 2. The fraction of sp³-hybridized carbons (Fsp3) is 0.524. The molecule has 1 aromatic heterocycles. The highest BCUT2D eigenvalue weighted by atomic mass is 32.2. The van der Waals surface area contributed by atoms with E-state index in [1.54, 1.807) is 12.1 Å². The Kier molecular flexibility index (Phi) is 7.33. The molecule has 2 heterocycles. The van der Waals surface area contributed by atoms with Crippen LogP contribution >= 0.6 is 0 Å². The third-order valence-electron chi connectivity index (χ3n) is 5.07. The number of benzene rings is 1. The van der Waals surface area contributed by atoms with Gasteiger partial charge in [0.1, 0.15) is 0 Å². The molecule has 0 spiro atoms. The minimum atomic E-state index is -3.59. The van der Waals surface area contributed by atoms with Gasteiger partial charge in [-0.2, -0.15) is 4.98 Å². The first-order valence-electron chi connectivity index (χ1n) is 10.4. The number of sulfonamides is 1. The number of likely N-dealkylation sites (N-methyl/N-ethyl adjacent to an activating group) is 1. The van der Waals surface area contributed by atoms with Gasteiger partial charge in [0.15, 0.2) is 11.6 Å². The Morgan fingerprint density at radius 1 is 1.28 bits per heavy atom. The Bertz CT molecular complexity index is 1030. The summed E-state index contributed by atoms with van der Waals surface area (Å²) >= 11 is 0. The number of rotatable bonds is 8. The fourth-order valence-electron chi connectivity index (χ4n) is 3.28. The standard InChI is InChI=1S/C21H31FN6O3S/c1-15-13-31-21(2,3)14-28(15)19-18(22)12-23-20(26-19)25-16-6-8-17(9-7-16)32(29,30)24-10-11-27(4)5/h6-9,12,15,24H,10-11,13-14H2,1-5H3,(H,23,25,26)/t15-/m0/s1. The van der Waals surface area contributed by atoms with Crippen molar-refractivity contribution in [2.75, 3.05) is 50.6 Å². The van der Waals surface area contributed by atoms with Crippen LogP contribution in [0.2, 0.25) is 0 Å². The molecule has 1 aliphatic heterocycles. The van der Waals surface area contributed by atoms with Gasteiger partial charge in [-0.05, 0) is 59.1 Å². The van der Waals surface area contributed by atoms with Crippen LogP contribution in [0.15, 0.2) is 35.4 Å². The second-order valence-corrected chi connectivity index (χ2v) is 10.5. The van der Waals surface area contributed by atoms with Gasteiger partial charge in [0.05, 0.1) is 29.3 Å². The van der Waals surface area contributed by atoms with E-state index in [1.165, 1.54) is 12.1 Å². The first-order valence-corrected chi connectivity index (χ1v) is 11.9. The summed E-state index contributed by atoms with van der Waals surface area (Å²) in [7, 11) is 0.153. The highest BCUT2D eigenvalue weighted by Crippen LogP contribution is 2.28. The zero-order chi connectivity index (χ0) is 23.5. The van der Waals surface area contributed by atoms with Crippen LogP contribution in [0.4, 0.5) is 21.8 Å². The second-order valence-electron chi connectivity index (χ2n) is 8.76. The summed E-state index contributed by atoms with van der Waals surface area (Å²) in [6.07, 6.45) is 1.13. The SMILES string of the molecule is C[C@H]1COC(C)(C)CN1c1nc(Nc2ccc(S(=O)(=O)NCCN(C)C)cc2)ncc1F. The predicted octanol–water partition coefficient (Wildman–Crippen LogP) is 2.20. The smallest absolute Gasteiger partial charge is 0.240 e. The molecule has 9 nitrogen and oxygen atoms in total. The lowest BCUT2D eigenvalue weighted by atomic mass is 10.0. The number of ether oxygens (including phenoxy) is 1. The van der Waals surface area contributed by atoms with Crippen molar-refractivity contribution in [3.05, 3.63) is 36.3 Å². The molecular formula is C21H31FN6O3S. The van der Waals surface area contributed by atoms with E-state index in [0.29, 0.717) is 31.9 Å². The molecule has 3 rings (SSSR count). The molecule has 176 valence electrons. The topological polar surface area (TPSA) is 99.7 Å². The molecule has 0 aliphatic carbocycles. The normalized spacial score (nSPS) is 18.7. The average Bonchev–Trinajstić information content (AvgIpc) is 2.71. The van der Waals surface area contributed by atoms with Crippen LogP contribution in [0, 0.1) is 5.82 Å². The number of anilines is 3. The zero-order valence-electron chi connectivity index (χ0n) is 19.1. The summed E-state index contributed by atoms with van der Waals surface area (Å²) in [6, 6.07) is 6.19. The lowest BCUT2D eigenvalue weighted by molar-refractivity contribution is -0.0425. The Labute approximate surface area is 189 Å². The largest absolute Gasteiger partial charge is 0.372 e. The highest BCUT2D eigenvalue weighted by Gasteiger charge is 2.34. The Balaban J connectivity index is 1.73. The fourth-order valence-corrected chi connectivity index (χ4v) is 4.31. The Morgan fingerprint density at radius 2 is 1.97 bits per heavy atom. The molecule has 2 N–H and O–H groups in total. The van der Waals surface area contributed by atoms with Gasteiger partial charge in [-0.1, -0.05) is 0 Å². The summed E-state index contributed by atoms with van der Waals surface area (Å²) in [5, 5.41) is 3.01. The first kappa shape index (κ1) is 24.3. The van der Waals surface area contributed by atoms with Gasteiger partial charge in [0.25, 0.3) is 0 Å². The number of nitrogens with one attached hydrogen (secondary N) is 2. The Morgan fingerprint density at radius 3 is 2.62 bits per heavy atom. The van der Waals surface area contributed by atoms with Crippen molar-refractivity contribution < 1.29 is 17.5 Å². The maximum Gasteiger partial charge on any atom is 0.240 e. The van der Waals surface area contributed by atoms with E-state index >= 15 is 0 Å².